The first kappa shape index (κ1) is 16.6. The number of anilines is 3. The van der Waals surface area contributed by atoms with Crippen molar-refractivity contribution in [2.45, 2.75) is 6.54 Å². The minimum atomic E-state index is -0.547. The highest BCUT2D eigenvalue weighted by Gasteiger charge is 2.18. The Morgan fingerprint density at radius 3 is 2.89 bits per heavy atom. The van der Waals surface area contributed by atoms with Crippen molar-refractivity contribution >= 4 is 29.4 Å². The second-order valence-electron chi connectivity index (χ2n) is 6.00. The van der Waals surface area contributed by atoms with E-state index in [1.807, 2.05) is 30.5 Å². The molecule has 27 heavy (non-hydrogen) atoms. The summed E-state index contributed by atoms with van der Waals surface area (Å²) < 4.78 is 8.68. The Balaban J connectivity index is 1.54. The normalized spacial score (nSPS) is 12.7. The molecule has 1 aliphatic heterocycles. The van der Waals surface area contributed by atoms with Crippen molar-refractivity contribution in [2.24, 2.45) is 12.8 Å². The average molecular weight is 366 g/mol. The number of benzene rings is 1. The van der Waals surface area contributed by atoms with Crippen molar-refractivity contribution in [2.75, 3.05) is 17.3 Å². The van der Waals surface area contributed by atoms with E-state index in [-0.39, 0.29) is 0 Å². The van der Waals surface area contributed by atoms with E-state index in [4.69, 9.17) is 10.5 Å². The van der Waals surface area contributed by atoms with Crippen LogP contribution in [0.4, 0.5) is 17.3 Å². The molecule has 0 unspecified atom stereocenters. The second kappa shape index (κ2) is 6.48. The number of ether oxygens (including phenoxy) is 1. The fourth-order valence-electron chi connectivity index (χ4n) is 2.82. The van der Waals surface area contributed by atoms with Gasteiger partial charge in [0.25, 0.3) is 5.91 Å². The first-order valence-corrected chi connectivity index (χ1v) is 8.17. The van der Waals surface area contributed by atoms with E-state index in [1.165, 1.54) is 7.11 Å². The first-order chi connectivity index (χ1) is 13.0. The molecule has 0 atom stereocenters. The number of hydrogen-bond acceptors (Lipinski definition) is 7. The summed E-state index contributed by atoms with van der Waals surface area (Å²) in [4.78, 5) is 18.0. The van der Waals surface area contributed by atoms with Crippen molar-refractivity contribution < 1.29 is 9.53 Å². The molecule has 1 aromatic carbocycles. The van der Waals surface area contributed by atoms with Gasteiger partial charge in [0.15, 0.2) is 5.82 Å². The molecule has 0 saturated carbocycles. The van der Waals surface area contributed by atoms with Gasteiger partial charge in [0.2, 0.25) is 5.95 Å². The van der Waals surface area contributed by atoms with Gasteiger partial charge in [-0.25, -0.2) is 4.68 Å². The molecule has 0 radical (unpaired) electrons. The van der Waals surface area contributed by atoms with Crippen molar-refractivity contribution in [1.82, 2.24) is 24.5 Å². The van der Waals surface area contributed by atoms with Gasteiger partial charge in [-0.1, -0.05) is 0 Å². The van der Waals surface area contributed by atoms with Gasteiger partial charge >= 0.3 is 0 Å². The molecular weight excluding hydrogens is 348 g/mol. The summed E-state index contributed by atoms with van der Waals surface area (Å²) in [5.74, 6) is 1.06. The zero-order chi connectivity index (χ0) is 19.0. The van der Waals surface area contributed by atoms with Crippen LogP contribution in [-0.2, 0) is 13.6 Å². The molecule has 1 aliphatic rings. The van der Waals surface area contributed by atoms with Gasteiger partial charge in [-0.05, 0) is 12.1 Å². The van der Waals surface area contributed by atoms with Crippen LogP contribution in [0.5, 0.6) is 5.75 Å². The van der Waals surface area contributed by atoms with Gasteiger partial charge in [0, 0.05) is 37.4 Å². The molecule has 0 spiro atoms. The summed E-state index contributed by atoms with van der Waals surface area (Å²) in [7, 11) is 3.36. The lowest BCUT2D eigenvalue weighted by Gasteiger charge is -2.20. The molecule has 0 saturated heterocycles. The van der Waals surface area contributed by atoms with Crippen LogP contribution in [-0.4, -0.2) is 37.6 Å². The lowest BCUT2D eigenvalue weighted by molar-refractivity contribution is 0.0997. The predicted octanol–water partition coefficient (Wildman–Crippen LogP) is 1.31. The molecule has 3 heterocycles. The van der Waals surface area contributed by atoms with Crippen LogP contribution in [0.2, 0.25) is 0 Å². The number of aryl methyl sites for hydroxylation is 1. The van der Waals surface area contributed by atoms with Gasteiger partial charge in [0.05, 0.1) is 31.1 Å². The highest BCUT2D eigenvalue weighted by molar-refractivity contribution is 5.96. The van der Waals surface area contributed by atoms with Gasteiger partial charge in [-0.15, -0.1) is 5.10 Å². The third kappa shape index (κ3) is 3.19. The summed E-state index contributed by atoms with van der Waals surface area (Å²) >= 11 is 0. The summed E-state index contributed by atoms with van der Waals surface area (Å²) in [6.45, 7) is 0.570. The molecule has 3 aromatic rings. The van der Waals surface area contributed by atoms with Gasteiger partial charge in [-0.2, -0.15) is 10.1 Å². The number of carbonyl (C=O) groups is 1. The van der Waals surface area contributed by atoms with E-state index >= 15 is 0 Å². The van der Waals surface area contributed by atoms with E-state index < -0.39 is 5.91 Å². The molecule has 4 rings (SSSR count). The van der Waals surface area contributed by atoms with Crippen molar-refractivity contribution in [3.8, 4) is 5.75 Å². The van der Waals surface area contributed by atoms with E-state index in [2.05, 4.69) is 20.5 Å². The minimum absolute atomic E-state index is 0.315. The zero-order valence-electron chi connectivity index (χ0n) is 14.8. The van der Waals surface area contributed by atoms with E-state index in [1.54, 1.807) is 33.8 Å². The molecular formula is C17H18N8O2. The number of carbonyl (C=O) groups excluding carboxylic acids is 1. The number of fused-ring (bicyclic) bond motifs is 1. The third-order valence-electron chi connectivity index (χ3n) is 4.15. The number of nitrogens with one attached hydrogen (secondary N) is 1. The standard InChI is InChI=1S/C17H18N8O2/c1-23-9-12(8-19-23)24-5-6-25-15(10-24)21-17(22-25)20-11-3-4-13(16(18)26)14(7-11)27-2/h3-9H,10H2,1-2H3,(H2,18,26)(H,20,22). The quantitative estimate of drug-likeness (QED) is 0.699. The van der Waals surface area contributed by atoms with Gasteiger partial charge in [-0.3, -0.25) is 9.48 Å². The van der Waals surface area contributed by atoms with Crippen LogP contribution in [0.15, 0.2) is 36.8 Å². The number of nitrogens with zero attached hydrogens (tertiary/aromatic N) is 6. The molecule has 10 nitrogen and oxygen atoms in total. The highest BCUT2D eigenvalue weighted by Crippen LogP contribution is 2.25. The topological polar surface area (TPSA) is 116 Å². The Morgan fingerprint density at radius 1 is 1.33 bits per heavy atom. The summed E-state index contributed by atoms with van der Waals surface area (Å²) in [6, 6.07) is 5.00. The number of aromatic nitrogens is 5. The second-order valence-corrected chi connectivity index (χ2v) is 6.00. The lowest BCUT2D eigenvalue weighted by Crippen LogP contribution is -2.21. The fraction of sp³-hybridized carbons (Fsp3) is 0.176. The van der Waals surface area contributed by atoms with Gasteiger partial charge in [0.1, 0.15) is 5.75 Å². The number of primary amides is 1. The monoisotopic (exact) mass is 366 g/mol. The Labute approximate surface area is 154 Å². The maximum absolute atomic E-state index is 11.4. The van der Waals surface area contributed by atoms with Gasteiger partial charge < -0.3 is 20.7 Å². The van der Waals surface area contributed by atoms with Crippen LogP contribution in [0.1, 0.15) is 16.2 Å². The molecule has 0 bridgehead atoms. The number of rotatable bonds is 5. The summed E-state index contributed by atoms with van der Waals surface area (Å²) in [5, 5.41) is 11.7. The zero-order valence-corrected chi connectivity index (χ0v) is 14.8. The first-order valence-electron chi connectivity index (χ1n) is 8.17. The molecule has 0 aliphatic carbocycles. The van der Waals surface area contributed by atoms with Crippen LogP contribution in [0.25, 0.3) is 6.20 Å². The van der Waals surface area contributed by atoms with Crippen molar-refractivity contribution in [1.29, 1.82) is 0 Å². The SMILES string of the molecule is COc1cc(Nc2nc3n(n2)C=CN(c2cnn(C)c2)C3)ccc1C(N)=O. The number of methoxy groups -OCH3 is 1. The minimum Gasteiger partial charge on any atom is -0.496 e. The molecule has 3 N–H and O–H groups in total. The number of hydrogen-bond donors (Lipinski definition) is 2. The Morgan fingerprint density at radius 2 is 2.19 bits per heavy atom. The average Bonchev–Trinajstić information content (AvgIpc) is 3.26. The number of nitrogens with two attached hydrogens (primary N) is 1. The summed E-state index contributed by atoms with van der Waals surface area (Å²) in [6.07, 6.45) is 7.48. The molecule has 10 heteroatoms. The third-order valence-corrected chi connectivity index (χ3v) is 4.15. The Bertz CT molecular complexity index is 1040. The maximum Gasteiger partial charge on any atom is 0.252 e. The molecule has 0 fully saturated rings. The fourth-order valence-corrected chi connectivity index (χ4v) is 2.82. The van der Waals surface area contributed by atoms with Crippen molar-refractivity contribution in [3.63, 3.8) is 0 Å². The molecule has 1 amide bonds. The smallest absolute Gasteiger partial charge is 0.252 e. The molecule has 2 aromatic heterocycles. The Kier molecular flexibility index (Phi) is 3.99. The van der Waals surface area contributed by atoms with E-state index in [0.717, 1.165) is 11.5 Å². The predicted molar refractivity (Wildman–Crippen MR) is 99.5 cm³/mol. The van der Waals surface area contributed by atoms with Crippen LogP contribution in [0, 0.1) is 0 Å². The Hall–Kier alpha value is -3.82. The van der Waals surface area contributed by atoms with Crippen LogP contribution >= 0.6 is 0 Å². The van der Waals surface area contributed by atoms with E-state index in [9.17, 15) is 4.79 Å². The van der Waals surface area contributed by atoms with Crippen LogP contribution in [0.3, 0.4) is 0 Å². The highest BCUT2D eigenvalue weighted by atomic mass is 16.5. The largest absolute Gasteiger partial charge is 0.496 e. The maximum atomic E-state index is 11.4. The summed E-state index contributed by atoms with van der Waals surface area (Å²) in [5.41, 5.74) is 7.31. The van der Waals surface area contributed by atoms with Crippen LogP contribution < -0.4 is 20.7 Å². The van der Waals surface area contributed by atoms with E-state index in [0.29, 0.717) is 29.5 Å². The number of amides is 1. The molecule has 138 valence electrons. The van der Waals surface area contributed by atoms with Crippen molar-refractivity contribution in [3.05, 3.63) is 48.2 Å². The lowest BCUT2D eigenvalue weighted by atomic mass is 10.1.